The van der Waals surface area contributed by atoms with Gasteiger partial charge in [0.2, 0.25) is 0 Å². The molecule has 0 saturated heterocycles. The lowest BCUT2D eigenvalue weighted by atomic mass is 9.91. The molecule has 46 valence electrons. The summed E-state index contributed by atoms with van der Waals surface area (Å²) in [5.74, 6) is 0. The second-order valence-electron chi connectivity index (χ2n) is 2.59. The van der Waals surface area contributed by atoms with Crippen LogP contribution in [-0.4, -0.2) is 0 Å². The Bertz CT molecular complexity index is 204. The highest BCUT2D eigenvalue weighted by atomic mass is 14.2. The first-order chi connectivity index (χ1) is 4.47. The Morgan fingerprint density at radius 3 is 2.56 bits per heavy atom. The molecule has 2 aliphatic rings. The maximum absolute atomic E-state index is 2.33. The van der Waals surface area contributed by atoms with Crippen molar-refractivity contribution in [3.8, 4) is 0 Å². The van der Waals surface area contributed by atoms with Crippen molar-refractivity contribution in [2.75, 3.05) is 0 Å². The van der Waals surface area contributed by atoms with Crippen molar-refractivity contribution in [2.45, 2.75) is 19.3 Å². The van der Waals surface area contributed by atoms with Gasteiger partial charge >= 0.3 is 0 Å². The van der Waals surface area contributed by atoms with Crippen molar-refractivity contribution in [2.24, 2.45) is 0 Å². The summed E-state index contributed by atoms with van der Waals surface area (Å²) in [6.07, 6.45) is 12.7. The molecule has 0 fully saturated rings. The lowest BCUT2D eigenvalue weighted by Crippen LogP contribution is -1.95. The zero-order valence-corrected chi connectivity index (χ0v) is 5.43. The van der Waals surface area contributed by atoms with Gasteiger partial charge in [0.15, 0.2) is 0 Å². The van der Waals surface area contributed by atoms with Crippen LogP contribution in [0.1, 0.15) is 19.3 Å². The molecule has 0 aromatic rings. The fourth-order valence-electron chi connectivity index (χ4n) is 1.27. The van der Waals surface area contributed by atoms with Gasteiger partial charge < -0.3 is 0 Å². The van der Waals surface area contributed by atoms with E-state index in [1.165, 1.54) is 19.3 Å². The third-order valence-corrected chi connectivity index (χ3v) is 1.99. The van der Waals surface area contributed by atoms with Crippen molar-refractivity contribution in [1.29, 1.82) is 0 Å². The normalized spacial score (nSPS) is 23.1. The van der Waals surface area contributed by atoms with E-state index < -0.39 is 0 Å². The van der Waals surface area contributed by atoms with E-state index in [9.17, 15) is 0 Å². The van der Waals surface area contributed by atoms with Crippen LogP contribution < -0.4 is 0 Å². The maximum atomic E-state index is 2.33. The van der Waals surface area contributed by atoms with Crippen LogP contribution in [0.3, 0.4) is 0 Å². The van der Waals surface area contributed by atoms with Gasteiger partial charge in [-0.1, -0.05) is 24.3 Å². The van der Waals surface area contributed by atoms with Crippen molar-refractivity contribution in [3.63, 3.8) is 0 Å². The fraction of sp³-hybridized carbons (Fsp3) is 0.333. The monoisotopic (exact) mass is 118 g/mol. The molecule has 0 saturated carbocycles. The molecule has 0 heteroatoms. The summed E-state index contributed by atoms with van der Waals surface area (Å²) >= 11 is 0. The standard InChI is InChI=1S/C9H10/c1-2-5-8(4-1)9-6-3-7-9/h1-2,4,6H,3,5,7H2. The van der Waals surface area contributed by atoms with Gasteiger partial charge in [-0.15, -0.1) is 0 Å². The minimum atomic E-state index is 1.17. The van der Waals surface area contributed by atoms with Crippen molar-refractivity contribution in [3.05, 3.63) is 35.5 Å². The fourth-order valence-corrected chi connectivity index (χ4v) is 1.27. The maximum Gasteiger partial charge on any atom is -0.00917 e. The van der Waals surface area contributed by atoms with E-state index in [4.69, 9.17) is 0 Å². The zero-order chi connectivity index (χ0) is 6.10. The van der Waals surface area contributed by atoms with Gasteiger partial charge in [0, 0.05) is 0 Å². The van der Waals surface area contributed by atoms with Gasteiger partial charge in [-0.05, 0) is 30.4 Å². The predicted molar refractivity (Wildman–Crippen MR) is 39.2 cm³/mol. The van der Waals surface area contributed by atoms with E-state index in [1.54, 1.807) is 11.1 Å². The number of allylic oxidation sites excluding steroid dienone is 6. The van der Waals surface area contributed by atoms with Crippen LogP contribution in [0.2, 0.25) is 0 Å². The second kappa shape index (κ2) is 1.87. The molecule has 2 rings (SSSR count). The molecule has 9 heavy (non-hydrogen) atoms. The molecular weight excluding hydrogens is 108 g/mol. The molecule has 0 aromatic heterocycles. The van der Waals surface area contributed by atoms with E-state index in [1.807, 2.05) is 0 Å². The molecule has 0 unspecified atom stereocenters. The lowest BCUT2D eigenvalue weighted by Gasteiger charge is -2.14. The summed E-state index contributed by atoms with van der Waals surface area (Å²) in [5, 5.41) is 0. The SMILES string of the molecule is C1=CCC(C2=CCC2)=C1. The Balaban J connectivity index is 2.15. The largest absolute Gasteiger partial charge is 0.0807 e. The van der Waals surface area contributed by atoms with Gasteiger partial charge in [-0.3, -0.25) is 0 Å². The van der Waals surface area contributed by atoms with Crippen LogP contribution in [0.15, 0.2) is 35.5 Å². The zero-order valence-electron chi connectivity index (χ0n) is 5.43. The Hall–Kier alpha value is -0.780. The summed E-state index contributed by atoms with van der Waals surface area (Å²) in [4.78, 5) is 0. The average molecular weight is 118 g/mol. The van der Waals surface area contributed by atoms with Gasteiger partial charge in [-0.25, -0.2) is 0 Å². The molecule has 0 amide bonds. The highest BCUT2D eigenvalue weighted by Crippen LogP contribution is 2.29. The third-order valence-electron chi connectivity index (χ3n) is 1.99. The summed E-state index contributed by atoms with van der Waals surface area (Å²) in [7, 11) is 0. The van der Waals surface area contributed by atoms with E-state index >= 15 is 0 Å². The molecule has 0 bridgehead atoms. The van der Waals surface area contributed by atoms with Crippen LogP contribution in [0.25, 0.3) is 0 Å². The van der Waals surface area contributed by atoms with Crippen LogP contribution in [0.4, 0.5) is 0 Å². The molecule has 0 atom stereocenters. The van der Waals surface area contributed by atoms with Crippen LogP contribution >= 0.6 is 0 Å². The molecule has 2 aliphatic carbocycles. The van der Waals surface area contributed by atoms with E-state index in [0.29, 0.717) is 0 Å². The molecule has 0 aliphatic heterocycles. The quantitative estimate of drug-likeness (QED) is 0.496. The van der Waals surface area contributed by atoms with E-state index in [0.717, 1.165) is 0 Å². The van der Waals surface area contributed by atoms with Crippen molar-refractivity contribution in [1.82, 2.24) is 0 Å². The topological polar surface area (TPSA) is 0 Å². The van der Waals surface area contributed by atoms with Crippen LogP contribution in [0.5, 0.6) is 0 Å². The molecule has 0 heterocycles. The Morgan fingerprint density at radius 1 is 1.22 bits per heavy atom. The summed E-state index contributed by atoms with van der Waals surface area (Å²) in [6.45, 7) is 0. The second-order valence-corrected chi connectivity index (χ2v) is 2.59. The van der Waals surface area contributed by atoms with Gasteiger partial charge in [0.05, 0.1) is 0 Å². The molecule has 0 radical (unpaired) electrons. The smallest absolute Gasteiger partial charge is 0.00917 e. The highest BCUT2D eigenvalue weighted by molar-refractivity contribution is 5.42. The molecule has 0 nitrogen and oxygen atoms in total. The van der Waals surface area contributed by atoms with Gasteiger partial charge in [-0.2, -0.15) is 0 Å². The first-order valence-electron chi connectivity index (χ1n) is 3.52. The highest BCUT2D eigenvalue weighted by Gasteiger charge is 2.10. The average Bonchev–Trinajstić information content (AvgIpc) is 2.11. The summed E-state index contributed by atoms with van der Waals surface area (Å²) in [6, 6.07) is 0. The molecular formula is C9H10. The molecule has 0 spiro atoms. The Labute approximate surface area is 55.6 Å². The number of hydrogen-bond acceptors (Lipinski definition) is 0. The summed E-state index contributed by atoms with van der Waals surface area (Å²) in [5.41, 5.74) is 3.13. The summed E-state index contributed by atoms with van der Waals surface area (Å²) < 4.78 is 0. The molecule has 0 N–H and O–H groups in total. The third kappa shape index (κ3) is 0.748. The minimum Gasteiger partial charge on any atom is -0.0807 e. The van der Waals surface area contributed by atoms with Crippen LogP contribution in [-0.2, 0) is 0 Å². The van der Waals surface area contributed by atoms with Crippen LogP contribution in [0, 0.1) is 0 Å². The predicted octanol–water partition coefficient (Wildman–Crippen LogP) is 2.59. The molecule has 0 aromatic carbocycles. The number of rotatable bonds is 1. The van der Waals surface area contributed by atoms with Crippen molar-refractivity contribution >= 4 is 0 Å². The van der Waals surface area contributed by atoms with Crippen molar-refractivity contribution < 1.29 is 0 Å². The first-order valence-corrected chi connectivity index (χ1v) is 3.52. The van der Waals surface area contributed by atoms with E-state index in [2.05, 4.69) is 24.3 Å². The van der Waals surface area contributed by atoms with Gasteiger partial charge in [0.25, 0.3) is 0 Å². The Kier molecular flexibility index (Phi) is 1.05. The minimum absolute atomic E-state index is 1.17. The number of hydrogen-bond donors (Lipinski definition) is 0. The lowest BCUT2D eigenvalue weighted by molar-refractivity contribution is 0.876. The Morgan fingerprint density at radius 2 is 2.11 bits per heavy atom. The van der Waals surface area contributed by atoms with Gasteiger partial charge in [0.1, 0.15) is 0 Å². The van der Waals surface area contributed by atoms with E-state index in [-0.39, 0.29) is 0 Å². The first kappa shape index (κ1) is 5.04.